The Morgan fingerprint density at radius 3 is 2.32 bits per heavy atom. The van der Waals surface area contributed by atoms with Crippen LogP contribution >= 0.6 is 11.8 Å². The van der Waals surface area contributed by atoms with Gasteiger partial charge in [-0.1, -0.05) is 50.7 Å². The van der Waals surface area contributed by atoms with Crippen molar-refractivity contribution in [1.29, 1.82) is 0 Å². The molecule has 0 aliphatic rings. The van der Waals surface area contributed by atoms with Crippen molar-refractivity contribution < 1.29 is 0 Å². The van der Waals surface area contributed by atoms with Crippen molar-refractivity contribution in [2.75, 3.05) is 12.4 Å². The molecule has 2 aromatic rings. The van der Waals surface area contributed by atoms with Crippen molar-refractivity contribution in [3.8, 4) is 0 Å². The molecule has 2 rings (SSSR count). The third kappa shape index (κ3) is 3.70. The lowest BCUT2D eigenvalue weighted by Gasteiger charge is -2.18. The number of hydrogen-bond acceptors (Lipinski definition) is 4. The van der Waals surface area contributed by atoms with E-state index >= 15 is 0 Å². The van der Waals surface area contributed by atoms with Crippen LogP contribution in [0.4, 0.5) is 5.82 Å². The Hall–Kier alpha value is -1.55. The molecule has 1 N–H and O–H groups in total. The molecule has 0 atom stereocenters. The highest BCUT2D eigenvalue weighted by atomic mass is 32.2. The van der Waals surface area contributed by atoms with Gasteiger partial charge in [-0.05, 0) is 12.1 Å². The minimum absolute atomic E-state index is 0.0567. The lowest BCUT2D eigenvalue weighted by Crippen LogP contribution is -2.17. The van der Waals surface area contributed by atoms with Crippen LogP contribution < -0.4 is 5.32 Å². The summed E-state index contributed by atoms with van der Waals surface area (Å²) in [5, 5.41) is 4.07. The number of rotatable bonds is 3. The monoisotopic (exact) mass is 273 g/mol. The molecule has 1 aromatic carbocycles. The van der Waals surface area contributed by atoms with E-state index in [-0.39, 0.29) is 5.41 Å². The molecule has 1 aromatic heterocycles. The van der Waals surface area contributed by atoms with E-state index in [1.165, 1.54) is 4.90 Å². The second-order valence-corrected chi connectivity index (χ2v) is 6.42. The summed E-state index contributed by atoms with van der Waals surface area (Å²) in [7, 11) is 1.88. The molecule has 0 amide bonds. The van der Waals surface area contributed by atoms with Gasteiger partial charge in [0.1, 0.15) is 16.7 Å². The van der Waals surface area contributed by atoms with Crippen LogP contribution in [0.25, 0.3) is 0 Å². The van der Waals surface area contributed by atoms with Gasteiger partial charge in [0.15, 0.2) is 0 Å². The zero-order chi connectivity index (χ0) is 13.9. The first-order chi connectivity index (χ1) is 8.99. The Morgan fingerprint density at radius 2 is 1.74 bits per heavy atom. The molecule has 0 spiro atoms. The first-order valence-corrected chi connectivity index (χ1v) is 7.11. The quantitative estimate of drug-likeness (QED) is 0.859. The first-order valence-electron chi connectivity index (χ1n) is 6.29. The molecule has 0 aliphatic carbocycles. The summed E-state index contributed by atoms with van der Waals surface area (Å²) in [6.07, 6.45) is 0. The van der Waals surface area contributed by atoms with Gasteiger partial charge >= 0.3 is 0 Å². The van der Waals surface area contributed by atoms with Crippen molar-refractivity contribution in [2.24, 2.45) is 0 Å². The Balaban J connectivity index is 2.35. The van der Waals surface area contributed by atoms with E-state index in [4.69, 9.17) is 0 Å². The minimum Gasteiger partial charge on any atom is -0.373 e. The van der Waals surface area contributed by atoms with Crippen molar-refractivity contribution in [1.82, 2.24) is 9.97 Å². The molecule has 1 heterocycles. The maximum absolute atomic E-state index is 4.66. The Morgan fingerprint density at radius 1 is 1.05 bits per heavy atom. The van der Waals surface area contributed by atoms with Crippen LogP contribution in [0.1, 0.15) is 26.6 Å². The Kier molecular flexibility index (Phi) is 4.10. The number of anilines is 1. The molecule has 0 saturated heterocycles. The first kappa shape index (κ1) is 13.9. The van der Waals surface area contributed by atoms with Crippen molar-refractivity contribution in [3.63, 3.8) is 0 Å². The van der Waals surface area contributed by atoms with Crippen LogP contribution in [0.3, 0.4) is 0 Å². The molecule has 0 bridgehead atoms. The third-order valence-corrected chi connectivity index (χ3v) is 3.52. The SMILES string of the molecule is CNc1cc(Sc2ccccc2)nc(C(C)(C)C)n1. The smallest absolute Gasteiger partial charge is 0.137 e. The molecular formula is C15H19N3S. The standard InChI is InChI=1S/C15H19N3S/c1-15(2,3)14-17-12(16-4)10-13(18-14)19-11-8-6-5-7-9-11/h5-10H,1-4H3,(H,16,17,18). The topological polar surface area (TPSA) is 37.8 Å². The van der Waals surface area contributed by atoms with Crippen LogP contribution in [0.5, 0.6) is 0 Å². The van der Waals surface area contributed by atoms with Gasteiger partial charge in [0.25, 0.3) is 0 Å². The highest BCUT2D eigenvalue weighted by Gasteiger charge is 2.19. The van der Waals surface area contributed by atoms with E-state index in [1.54, 1.807) is 11.8 Å². The predicted octanol–water partition coefficient (Wildman–Crippen LogP) is 3.97. The number of nitrogens with zero attached hydrogens (tertiary/aromatic N) is 2. The summed E-state index contributed by atoms with van der Waals surface area (Å²) in [4.78, 5) is 10.4. The van der Waals surface area contributed by atoms with Gasteiger partial charge in [0, 0.05) is 23.4 Å². The summed E-state index contributed by atoms with van der Waals surface area (Å²) in [6.45, 7) is 6.37. The summed E-state index contributed by atoms with van der Waals surface area (Å²) < 4.78 is 0. The second kappa shape index (κ2) is 5.61. The largest absolute Gasteiger partial charge is 0.373 e. The third-order valence-electron chi connectivity index (χ3n) is 2.60. The lowest BCUT2D eigenvalue weighted by atomic mass is 9.96. The van der Waals surface area contributed by atoms with Gasteiger partial charge in [-0.3, -0.25) is 0 Å². The normalized spacial score (nSPS) is 11.4. The average molecular weight is 273 g/mol. The van der Waals surface area contributed by atoms with Crippen LogP contribution in [0.15, 0.2) is 46.3 Å². The van der Waals surface area contributed by atoms with E-state index in [0.29, 0.717) is 0 Å². The zero-order valence-corrected chi connectivity index (χ0v) is 12.6. The highest BCUT2D eigenvalue weighted by molar-refractivity contribution is 7.99. The molecular weight excluding hydrogens is 254 g/mol. The molecule has 4 heteroatoms. The van der Waals surface area contributed by atoms with Crippen molar-refractivity contribution in [3.05, 3.63) is 42.2 Å². The average Bonchev–Trinajstić information content (AvgIpc) is 2.38. The maximum Gasteiger partial charge on any atom is 0.137 e. The molecule has 0 unspecified atom stereocenters. The fourth-order valence-electron chi connectivity index (χ4n) is 1.55. The van der Waals surface area contributed by atoms with E-state index in [2.05, 4.69) is 48.2 Å². The fraction of sp³-hybridized carbons (Fsp3) is 0.333. The molecule has 3 nitrogen and oxygen atoms in total. The number of nitrogens with one attached hydrogen (secondary N) is 1. The molecule has 0 radical (unpaired) electrons. The highest BCUT2D eigenvalue weighted by Crippen LogP contribution is 2.29. The lowest BCUT2D eigenvalue weighted by molar-refractivity contribution is 0.539. The Labute approximate surface area is 118 Å². The molecule has 100 valence electrons. The van der Waals surface area contributed by atoms with Crippen LogP contribution in [0.2, 0.25) is 0 Å². The molecule has 0 aliphatic heterocycles. The van der Waals surface area contributed by atoms with E-state index in [9.17, 15) is 0 Å². The van der Waals surface area contributed by atoms with E-state index < -0.39 is 0 Å². The maximum atomic E-state index is 4.66. The van der Waals surface area contributed by atoms with Crippen LogP contribution in [-0.4, -0.2) is 17.0 Å². The molecule has 19 heavy (non-hydrogen) atoms. The van der Waals surface area contributed by atoms with Crippen LogP contribution in [-0.2, 0) is 5.41 Å². The summed E-state index contributed by atoms with van der Waals surface area (Å²) in [6, 6.07) is 12.2. The minimum atomic E-state index is -0.0567. The number of aromatic nitrogens is 2. The van der Waals surface area contributed by atoms with Crippen LogP contribution in [0, 0.1) is 0 Å². The number of hydrogen-bond donors (Lipinski definition) is 1. The Bertz CT molecular complexity index is 547. The van der Waals surface area contributed by atoms with Crippen molar-refractivity contribution in [2.45, 2.75) is 36.1 Å². The van der Waals surface area contributed by atoms with E-state index in [0.717, 1.165) is 16.7 Å². The van der Waals surface area contributed by atoms with Gasteiger partial charge in [-0.15, -0.1) is 0 Å². The molecule has 0 fully saturated rings. The van der Waals surface area contributed by atoms with Gasteiger partial charge in [0.2, 0.25) is 0 Å². The van der Waals surface area contributed by atoms with E-state index in [1.807, 2.05) is 31.3 Å². The summed E-state index contributed by atoms with van der Waals surface area (Å²) in [5.74, 6) is 1.72. The van der Waals surface area contributed by atoms with Crippen molar-refractivity contribution >= 4 is 17.6 Å². The fourth-order valence-corrected chi connectivity index (χ4v) is 2.39. The molecule has 0 saturated carbocycles. The zero-order valence-electron chi connectivity index (χ0n) is 11.8. The van der Waals surface area contributed by atoms with Gasteiger partial charge in [-0.25, -0.2) is 9.97 Å². The second-order valence-electron chi connectivity index (χ2n) is 5.33. The van der Waals surface area contributed by atoms with Gasteiger partial charge in [-0.2, -0.15) is 0 Å². The van der Waals surface area contributed by atoms with Gasteiger partial charge in [0.05, 0.1) is 0 Å². The number of benzene rings is 1. The predicted molar refractivity (Wildman–Crippen MR) is 80.8 cm³/mol. The van der Waals surface area contributed by atoms with Gasteiger partial charge < -0.3 is 5.32 Å². The summed E-state index contributed by atoms with van der Waals surface area (Å²) in [5.41, 5.74) is -0.0567. The summed E-state index contributed by atoms with van der Waals surface area (Å²) >= 11 is 1.66.